The average Bonchev–Trinajstić information content (AvgIpc) is 2.12. The predicted molar refractivity (Wildman–Crippen MR) is 53.5 cm³/mol. The van der Waals surface area contributed by atoms with Gasteiger partial charge in [-0.05, 0) is 5.75 Å². The van der Waals surface area contributed by atoms with Gasteiger partial charge in [0.05, 0.1) is 6.54 Å². The molecule has 5 nitrogen and oxygen atoms in total. The van der Waals surface area contributed by atoms with Crippen molar-refractivity contribution >= 4 is 24.4 Å². The highest BCUT2D eigenvalue weighted by Gasteiger charge is 1.98. The van der Waals surface area contributed by atoms with E-state index in [1.807, 2.05) is 0 Å². The molecule has 0 bridgehead atoms. The Morgan fingerprint density at radius 1 is 1.15 bits per heavy atom. The number of carbonyl (C=O) groups is 2. The second-order valence-corrected chi connectivity index (χ2v) is 2.82. The van der Waals surface area contributed by atoms with E-state index in [-0.39, 0.29) is 18.4 Å². The molecule has 0 aliphatic heterocycles. The number of carbonyl (C=O) groups excluding carboxylic acids is 2. The second-order valence-electron chi connectivity index (χ2n) is 2.38. The molecule has 4 N–H and O–H groups in total. The fourth-order valence-corrected chi connectivity index (χ4v) is 0.869. The summed E-state index contributed by atoms with van der Waals surface area (Å²) >= 11 is 3.91. The molecule has 0 fully saturated rings. The molecule has 6 heteroatoms. The van der Waals surface area contributed by atoms with Crippen molar-refractivity contribution < 1.29 is 9.59 Å². The fourth-order valence-electron chi connectivity index (χ4n) is 0.666. The third kappa shape index (κ3) is 7.61. The lowest BCUT2D eigenvalue weighted by molar-refractivity contribution is -0.122. The van der Waals surface area contributed by atoms with Gasteiger partial charge in [-0.3, -0.25) is 9.59 Å². The first kappa shape index (κ1) is 12.2. The molecule has 2 amide bonds. The standard InChI is InChI=1S/C7H15N3O2S/c8-5-7(12)10-3-2-9-6(11)1-4-13/h13H,1-5,8H2,(H,9,11)(H,10,12). The summed E-state index contributed by atoms with van der Waals surface area (Å²) in [5.41, 5.74) is 5.05. The maximum Gasteiger partial charge on any atom is 0.233 e. The molecule has 0 spiro atoms. The van der Waals surface area contributed by atoms with E-state index in [1.54, 1.807) is 0 Å². The first-order chi connectivity index (χ1) is 6.20. The smallest absolute Gasteiger partial charge is 0.233 e. The lowest BCUT2D eigenvalue weighted by atomic mass is 10.4. The van der Waals surface area contributed by atoms with Crippen LogP contribution in [0.25, 0.3) is 0 Å². The fraction of sp³-hybridized carbons (Fsp3) is 0.714. The van der Waals surface area contributed by atoms with Crippen LogP contribution in [0.4, 0.5) is 0 Å². The van der Waals surface area contributed by atoms with E-state index < -0.39 is 0 Å². The minimum Gasteiger partial charge on any atom is -0.354 e. The number of nitrogens with two attached hydrogens (primary N) is 1. The Morgan fingerprint density at radius 3 is 2.15 bits per heavy atom. The zero-order valence-corrected chi connectivity index (χ0v) is 8.27. The van der Waals surface area contributed by atoms with E-state index in [0.717, 1.165) is 0 Å². The highest BCUT2D eigenvalue weighted by molar-refractivity contribution is 7.80. The molecule has 0 aromatic heterocycles. The molecule has 13 heavy (non-hydrogen) atoms. The maximum absolute atomic E-state index is 10.9. The number of hydrogen-bond donors (Lipinski definition) is 4. The minimum atomic E-state index is -0.219. The van der Waals surface area contributed by atoms with Crippen molar-refractivity contribution in [3.63, 3.8) is 0 Å². The Bertz CT molecular complexity index is 175. The zero-order valence-electron chi connectivity index (χ0n) is 7.38. The van der Waals surface area contributed by atoms with Crippen molar-refractivity contribution in [1.29, 1.82) is 0 Å². The number of amides is 2. The predicted octanol–water partition coefficient (Wildman–Crippen LogP) is -1.50. The molecule has 0 rings (SSSR count). The average molecular weight is 205 g/mol. The van der Waals surface area contributed by atoms with Gasteiger partial charge in [-0.15, -0.1) is 0 Å². The van der Waals surface area contributed by atoms with Crippen LogP contribution in [0.15, 0.2) is 0 Å². The third-order valence-electron chi connectivity index (χ3n) is 1.29. The van der Waals surface area contributed by atoms with Crippen LogP contribution in [-0.2, 0) is 9.59 Å². The molecular formula is C7H15N3O2S. The SMILES string of the molecule is NCC(=O)NCCNC(=O)CCS. The van der Waals surface area contributed by atoms with Crippen molar-refractivity contribution in [2.75, 3.05) is 25.4 Å². The van der Waals surface area contributed by atoms with Crippen LogP contribution < -0.4 is 16.4 Å². The van der Waals surface area contributed by atoms with E-state index in [2.05, 4.69) is 23.3 Å². The van der Waals surface area contributed by atoms with Gasteiger partial charge in [0.25, 0.3) is 0 Å². The molecule has 0 radical (unpaired) electrons. The summed E-state index contributed by atoms with van der Waals surface area (Å²) in [6.07, 6.45) is 0.397. The molecular weight excluding hydrogens is 190 g/mol. The molecule has 0 unspecified atom stereocenters. The first-order valence-corrected chi connectivity index (χ1v) is 4.68. The summed E-state index contributed by atoms with van der Waals surface area (Å²) in [6.45, 7) is 0.817. The van der Waals surface area contributed by atoms with E-state index in [0.29, 0.717) is 25.3 Å². The molecule has 0 aromatic carbocycles. The number of thiol groups is 1. The largest absolute Gasteiger partial charge is 0.354 e. The maximum atomic E-state index is 10.9. The summed E-state index contributed by atoms with van der Waals surface area (Å²) in [5, 5.41) is 5.15. The topological polar surface area (TPSA) is 84.2 Å². The van der Waals surface area contributed by atoms with Gasteiger partial charge in [-0.1, -0.05) is 0 Å². The molecule has 0 aromatic rings. The monoisotopic (exact) mass is 205 g/mol. The van der Waals surface area contributed by atoms with Crippen LogP contribution in [-0.4, -0.2) is 37.2 Å². The summed E-state index contributed by atoms with van der Waals surface area (Å²) in [7, 11) is 0. The Morgan fingerprint density at radius 2 is 1.69 bits per heavy atom. The molecule has 0 heterocycles. The van der Waals surface area contributed by atoms with Crippen molar-refractivity contribution in [1.82, 2.24) is 10.6 Å². The quantitative estimate of drug-likeness (QED) is 0.314. The zero-order chi connectivity index (χ0) is 10.1. The van der Waals surface area contributed by atoms with E-state index in [9.17, 15) is 9.59 Å². The van der Waals surface area contributed by atoms with Crippen molar-refractivity contribution in [2.24, 2.45) is 5.73 Å². The van der Waals surface area contributed by atoms with Crippen molar-refractivity contribution in [3.05, 3.63) is 0 Å². The Balaban J connectivity index is 3.25. The van der Waals surface area contributed by atoms with Gasteiger partial charge in [0, 0.05) is 19.5 Å². The van der Waals surface area contributed by atoms with E-state index >= 15 is 0 Å². The molecule has 0 aliphatic carbocycles. The van der Waals surface area contributed by atoms with Crippen LogP contribution >= 0.6 is 12.6 Å². The van der Waals surface area contributed by atoms with Gasteiger partial charge in [0.2, 0.25) is 11.8 Å². The number of hydrogen-bond acceptors (Lipinski definition) is 4. The van der Waals surface area contributed by atoms with Crippen molar-refractivity contribution in [3.8, 4) is 0 Å². The number of rotatable bonds is 6. The molecule has 0 atom stereocenters. The van der Waals surface area contributed by atoms with Crippen LogP contribution in [0, 0.1) is 0 Å². The summed E-state index contributed by atoms with van der Waals surface area (Å²) in [5.74, 6) is 0.251. The molecule has 0 saturated heterocycles. The van der Waals surface area contributed by atoms with E-state index in [1.165, 1.54) is 0 Å². The van der Waals surface area contributed by atoms with Crippen LogP contribution in [0.2, 0.25) is 0 Å². The van der Waals surface area contributed by atoms with Gasteiger partial charge in [-0.25, -0.2) is 0 Å². The normalized spacial score (nSPS) is 9.38. The van der Waals surface area contributed by atoms with Crippen molar-refractivity contribution in [2.45, 2.75) is 6.42 Å². The minimum absolute atomic E-state index is 0.0232. The van der Waals surface area contributed by atoms with Gasteiger partial charge in [-0.2, -0.15) is 12.6 Å². The van der Waals surface area contributed by atoms with Gasteiger partial charge in [0.1, 0.15) is 0 Å². The van der Waals surface area contributed by atoms with Crippen LogP contribution in [0.1, 0.15) is 6.42 Å². The first-order valence-electron chi connectivity index (χ1n) is 4.05. The van der Waals surface area contributed by atoms with Crippen LogP contribution in [0.5, 0.6) is 0 Å². The molecule has 76 valence electrons. The van der Waals surface area contributed by atoms with E-state index in [4.69, 9.17) is 5.73 Å². The lowest BCUT2D eigenvalue weighted by Crippen LogP contribution is -2.37. The van der Waals surface area contributed by atoms with Crippen LogP contribution in [0.3, 0.4) is 0 Å². The lowest BCUT2D eigenvalue weighted by Gasteiger charge is -2.04. The summed E-state index contributed by atoms with van der Waals surface area (Å²) in [4.78, 5) is 21.5. The highest BCUT2D eigenvalue weighted by atomic mass is 32.1. The number of nitrogens with one attached hydrogen (secondary N) is 2. The Labute approximate surface area is 82.8 Å². The Hall–Kier alpha value is -0.750. The third-order valence-corrected chi connectivity index (χ3v) is 1.52. The van der Waals surface area contributed by atoms with Gasteiger partial charge in [0.15, 0.2) is 0 Å². The Kier molecular flexibility index (Phi) is 7.42. The summed E-state index contributed by atoms with van der Waals surface area (Å²) < 4.78 is 0. The van der Waals surface area contributed by atoms with Gasteiger partial charge >= 0.3 is 0 Å². The second kappa shape index (κ2) is 7.88. The highest BCUT2D eigenvalue weighted by Crippen LogP contribution is 1.81. The molecule has 0 saturated carbocycles. The van der Waals surface area contributed by atoms with Gasteiger partial charge < -0.3 is 16.4 Å². The summed E-state index contributed by atoms with van der Waals surface area (Å²) in [6, 6.07) is 0. The molecule has 0 aliphatic rings.